The number of benzene rings is 2. The Labute approximate surface area is 151 Å². The van der Waals surface area contributed by atoms with Crippen LogP contribution in [0.15, 0.2) is 48.5 Å². The molecule has 0 unspecified atom stereocenters. The van der Waals surface area contributed by atoms with Crippen LogP contribution in [0.2, 0.25) is 0 Å². The molecule has 2 atom stereocenters. The van der Waals surface area contributed by atoms with Gasteiger partial charge in [-0.15, -0.1) is 0 Å². The molecule has 2 rings (SSSR count). The average molecular weight is 357 g/mol. The van der Waals surface area contributed by atoms with Crippen LogP contribution >= 0.6 is 0 Å². The predicted octanol–water partition coefficient (Wildman–Crippen LogP) is 0.533. The van der Waals surface area contributed by atoms with Crippen molar-refractivity contribution in [2.75, 3.05) is 0 Å². The quantitative estimate of drug-likeness (QED) is 0.467. The minimum absolute atomic E-state index is 0.123. The molecule has 26 heavy (non-hydrogen) atoms. The third-order valence-electron chi connectivity index (χ3n) is 4.04. The van der Waals surface area contributed by atoms with Gasteiger partial charge in [0.15, 0.2) is 0 Å². The van der Waals surface area contributed by atoms with Gasteiger partial charge < -0.3 is 27.0 Å². The summed E-state index contributed by atoms with van der Waals surface area (Å²) in [7, 11) is 0. The second kappa shape index (κ2) is 8.98. The Morgan fingerprint density at radius 3 is 1.96 bits per heavy atom. The molecule has 0 heterocycles. The van der Waals surface area contributed by atoms with Crippen LogP contribution in [0.4, 0.5) is 0 Å². The van der Waals surface area contributed by atoms with Gasteiger partial charge in [-0.3, -0.25) is 4.79 Å². The molecule has 0 aliphatic rings. The van der Waals surface area contributed by atoms with Crippen molar-refractivity contribution in [3.63, 3.8) is 0 Å². The smallest absolute Gasteiger partial charge is 0.326 e. The number of phenols is 1. The summed E-state index contributed by atoms with van der Waals surface area (Å²) >= 11 is 0. The van der Waals surface area contributed by atoms with Crippen LogP contribution in [0.25, 0.3) is 0 Å². The van der Waals surface area contributed by atoms with E-state index < -0.39 is 24.0 Å². The van der Waals surface area contributed by atoms with Crippen molar-refractivity contribution in [3.05, 3.63) is 65.2 Å². The minimum atomic E-state index is -1.13. The molecule has 0 aliphatic heterocycles. The number of rotatable bonds is 8. The van der Waals surface area contributed by atoms with Crippen LogP contribution in [0.1, 0.15) is 16.7 Å². The van der Waals surface area contributed by atoms with E-state index in [0.717, 1.165) is 16.7 Å². The zero-order valence-electron chi connectivity index (χ0n) is 14.3. The van der Waals surface area contributed by atoms with Gasteiger partial charge in [-0.25, -0.2) is 4.79 Å². The van der Waals surface area contributed by atoms with Gasteiger partial charge in [0, 0.05) is 13.0 Å². The number of amides is 1. The fourth-order valence-corrected chi connectivity index (χ4v) is 2.50. The maximum atomic E-state index is 12.3. The van der Waals surface area contributed by atoms with E-state index in [1.165, 1.54) is 12.1 Å². The number of carbonyl (C=O) groups excluding carboxylic acids is 1. The van der Waals surface area contributed by atoms with Gasteiger partial charge in [0.05, 0.1) is 6.04 Å². The molecule has 7 N–H and O–H groups in total. The van der Waals surface area contributed by atoms with E-state index in [0.29, 0.717) is 6.54 Å². The zero-order valence-corrected chi connectivity index (χ0v) is 14.3. The highest BCUT2D eigenvalue weighted by atomic mass is 16.4. The molecule has 0 saturated heterocycles. The van der Waals surface area contributed by atoms with Gasteiger partial charge in [-0.2, -0.15) is 0 Å². The van der Waals surface area contributed by atoms with Gasteiger partial charge >= 0.3 is 5.97 Å². The molecule has 0 saturated carbocycles. The van der Waals surface area contributed by atoms with E-state index in [1.807, 2.05) is 12.1 Å². The van der Waals surface area contributed by atoms with Crippen molar-refractivity contribution >= 4 is 11.9 Å². The van der Waals surface area contributed by atoms with Crippen LogP contribution in [0.3, 0.4) is 0 Å². The lowest BCUT2D eigenvalue weighted by Crippen LogP contribution is -2.50. The highest BCUT2D eigenvalue weighted by Gasteiger charge is 2.23. The first-order chi connectivity index (χ1) is 12.4. The van der Waals surface area contributed by atoms with Crippen molar-refractivity contribution in [1.82, 2.24) is 5.32 Å². The number of phenolic OH excluding ortho intramolecular Hbond substituents is 1. The maximum absolute atomic E-state index is 12.3. The highest BCUT2D eigenvalue weighted by Crippen LogP contribution is 2.11. The molecule has 7 heteroatoms. The normalized spacial score (nSPS) is 13.0. The predicted molar refractivity (Wildman–Crippen MR) is 97.4 cm³/mol. The molecule has 0 radical (unpaired) electrons. The standard InChI is InChI=1S/C19H23N3O4/c20-11-14-3-1-13(2-4-14)10-17(19(25)26)22-18(24)16(21)9-12-5-7-15(23)8-6-12/h1-8,16-17,23H,9-11,20-21H2,(H,22,24)(H,25,26)/t16-,17-/m1/s1. The molecule has 7 nitrogen and oxygen atoms in total. The number of nitrogens with one attached hydrogen (secondary N) is 1. The third-order valence-corrected chi connectivity index (χ3v) is 4.04. The van der Waals surface area contributed by atoms with Crippen LogP contribution in [-0.2, 0) is 29.0 Å². The number of carbonyl (C=O) groups is 2. The lowest BCUT2D eigenvalue weighted by atomic mass is 10.0. The van der Waals surface area contributed by atoms with Crippen LogP contribution in [-0.4, -0.2) is 34.2 Å². The monoisotopic (exact) mass is 357 g/mol. The number of hydrogen-bond acceptors (Lipinski definition) is 5. The van der Waals surface area contributed by atoms with E-state index in [-0.39, 0.29) is 18.6 Å². The van der Waals surface area contributed by atoms with Crippen molar-refractivity contribution in [3.8, 4) is 5.75 Å². The topological polar surface area (TPSA) is 139 Å². The molecule has 138 valence electrons. The molecule has 0 bridgehead atoms. The molecule has 0 fully saturated rings. The summed E-state index contributed by atoms with van der Waals surface area (Å²) in [5, 5.41) is 21.1. The van der Waals surface area contributed by atoms with Gasteiger partial charge in [0.25, 0.3) is 0 Å². The molecule has 1 amide bonds. The number of carboxylic acids is 1. The Morgan fingerprint density at radius 1 is 0.923 bits per heavy atom. The van der Waals surface area contributed by atoms with Crippen LogP contribution in [0, 0.1) is 0 Å². The fraction of sp³-hybridized carbons (Fsp3) is 0.263. The molecule has 0 spiro atoms. The van der Waals surface area contributed by atoms with Crippen LogP contribution in [0.5, 0.6) is 5.75 Å². The Kier molecular flexibility index (Phi) is 6.71. The lowest BCUT2D eigenvalue weighted by Gasteiger charge is -2.18. The Morgan fingerprint density at radius 2 is 1.42 bits per heavy atom. The van der Waals surface area contributed by atoms with E-state index in [2.05, 4.69) is 5.32 Å². The third kappa shape index (κ3) is 5.58. The number of nitrogens with two attached hydrogens (primary N) is 2. The minimum Gasteiger partial charge on any atom is -0.508 e. The molecule has 2 aromatic rings. The largest absolute Gasteiger partial charge is 0.508 e. The summed E-state index contributed by atoms with van der Waals surface area (Å²) < 4.78 is 0. The molecular formula is C19H23N3O4. The fourth-order valence-electron chi connectivity index (χ4n) is 2.50. The maximum Gasteiger partial charge on any atom is 0.326 e. The average Bonchev–Trinajstić information content (AvgIpc) is 2.63. The summed E-state index contributed by atoms with van der Waals surface area (Å²) in [6.07, 6.45) is 0.390. The van der Waals surface area contributed by atoms with Crippen molar-refractivity contribution in [2.24, 2.45) is 11.5 Å². The van der Waals surface area contributed by atoms with Gasteiger partial charge in [0.2, 0.25) is 5.91 Å². The Balaban J connectivity index is 1.97. The first-order valence-corrected chi connectivity index (χ1v) is 8.23. The summed E-state index contributed by atoms with van der Waals surface area (Å²) in [4.78, 5) is 23.7. The van der Waals surface area contributed by atoms with E-state index >= 15 is 0 Å². The van der Waals surface area contributed by atoms with E-state index in [4.69, 9.17) is 11.5 Å². The lowest BCUT2D eigenvalue weighted by molar-refractivity contribution is -0.141. The van der Waals surface area contributed by atoms with Crippen LogP contribution < -0.4 is 16.8 Å². The summed E-state index contributed by atoms with van der Waals surface area (Å²) in [5.41, 5.74) is 13.9. The first kappa shape index (κ1) is 19.4. The number of hydrogen-bond donors (Lipinski definition) is 5. The van der Waals surface area contributed by atoms with E-state index in [1.54, 1.807) is 24.3 Å². The summed E-state index contributed by atoms with van der Waals surface area (Å²) in [5.74, 6) is -1.54. The molecule has 2 aromatic carbocycles. The summed E-state index contributed by atoms with van der Waals surface area (Å²) in [6.45, 7) is 0.408. The summed E-state index contributed by atoms with van der Waals surface area (Å²) in [6, 6.07) is 11.6. The second-order valence-electron chi connectivity index (χ2n) is 6.10. The molecular weight excluding hydrogens is 334 g/mol. The first-order valence-electron chi connectivity index (χ1n) is 8.23. The van der Waals surface area contributed by atoms with Crippen molar-refractivity contribution in [2.45, 2.75) is 31.5 Å². The van der Waals surface area contributed by atoms with E-state index in [9.17, 15) is 19.8 Å². The SMILES string of the molecule is NCc1ccc(C[C@@H](NC(=O)[C@H](N)Cc2ccc(O)cc2)C(=O)O)cc1. The van der Waals surface area contributed by atoms with Gasteiger partial charge in [0.1, 0.15) is 11.8 Å². The van der Waals surface area contributed by atoms with Gasteiger partial charge in [-0.1, -0.05) is 36.4 Å². The zero-order chi connectivity index (χ0) is 19.1. The molecule has 0 aromatic heterocycles. The van der Waals surface area contributed by atoms with Gasteiger partial charge in [-0.05, 0) is 35.2 Å². The Hall–Kier alpha value is -2.90. The van der Waals surface area contributed by atoms with Crippen molar-refractivity contribution in [1.29, 1.82) is 0 Å². The van der Waals surface area contributed by atoms with Crippen molar-refractivity contribution < 1.29 is 19.8 Å². The Bertz CT molecular complexity index is 744. The number of aromatic hydroxyl groups is 1. The highest BCUT2D eigenvalue weighted by molar-refractivity contribution is 5.87. The molecule has 0 aliphatic carbocycles. The number of aliphatic carboxylic acids is 1. The second-order valence-corrected chi connectivity index (χ2v) is 6.10. The number of carboxylic acid groups (broad SMARTS) is 1.